The highest BCUT2D eigenvalue weighted by Crippen LogP contribution is 2.32. The molecule has 0 unspecified atom stereocenters. The van der Waals surface area contributed by atoms with Crippen molar-refractivity contribution < 1.29 is 33.0 Å². The fourth-order valence-electron chi connectivity index (χ4n) is 3.59. The van der Waals surface area contributed by atoms with Crippen molar-refractivity contribution in [1.82, 2.24) is 24.8 Å². The van der Waals surface area contributed by atoms with Crippen LogP contribution in [0.4, 0.5) is 16.3 Å². The lowest BCUT2D eigenvalue weighted by atomic mass is 10.1. The van der Waals surface area contributed by atoms with E-state index in [9.17, 15) is 28.2 Å². The van der Waals surface area contributed by atoms with Gasteiger partial charge in [-0.1, -0.05) is 12.1 Å². The number of nitrogens with two attached hydrogens (primary N) is 1. The minimum Gasteiger partial charge on any atom is -0.387 e. The Balaban J connectivity index is 1.57. The molecule has 3 amide bonds. The van der Waals surface area contributed by atoms with Crippen LogP contribution in [0.15, 0.2) is 41.8 Å². The molecule has 4 atom stereocenters. The number of hydrogen-bond acceptors (Lipinski definition) is 10. The summed E-state index contributed by atoms with van der Waals surface area (Å²) < 4.78 is 30.4. The van der Waals surface area contributed by atoms with Crippen molar-refractivity contribution >= 4 is 44.6 Å². The van der Waals surface area contributed by atoms with Crippen molar-refractivity contribution in [3.8, 4) is 0 Å². The van der Waals surface area contributed by atoms with E-state index in [-0.39, 0.29) is 27.6 Å². The summed E-state index contributed by atoms with van der Waals surface area (Å²) in [5.41, 5.74) is 0.193. The highest BCUT2D eigenvalue weighted by atomic mass is 32.2. The number of rotatable bonds is 6. The summed E-state index contributed by atoms with van der Waals surface area (Å²) >= 11 is 0. The third kappa shape index (κ3) is 4.77. The van der Waals surface area contributed by atoms with Crippen LogP contribution in [0.25, 0.3) is 11.2 Å². The Morgan fingerprint density at radius 1 is 1.14 bits per heavy atom. The van der Waals surface area contributed by atoms with E-state index in [1.165, 1.54) is 35.2 Å². The molecule has 1 aliphatic rings. The fraction of sp³-hybridized carbons (Fsp3) is 0.316. The van der Waals surface area contributed by atoms with Gasteiger partial charge in [-0.25, -0.2) is 33.3 Å². The molecule has 15 nitrogen and oxygen atoms in total. The SMILES string of the molecule is CCNC(=O)[C@H]1O[C@@H](n2cnc3c(NC(=O)Nc4ccccc4S(N)(=O)=O)ncnc32)[C@H](O)[C@@H]1O. The lowest BCUT2D eigenvalue weighted by molar-refractivity contribution is -0.137. The van der Waals surface area contributed by atoms with Gasteiger partial charge in [-0.2, -0.15) is 0 Å². The van der Waals surface area contributed by atoms with Crippen LogP contribution < -0.4 is 21.1 Å². The number of primary sulfonamides is 1. The average molecular weight is 507 g/mol. The number of urea groups is 1. The predicted octanol–water partition coefficient (Wildman–Crippen LogP) is -1.13. The lowest BCUT2D eigenvalue weighted by Gasteiger charge is -2.16. The van der Waals surface area contributed by atoms with Crippen LogP contribution in [0.3, 0.4) is 0 Å². The smallest absolute Gasteiger partial charge is 0.324 e. The van der Waals surface area contributed by atoms with Crippen LogP contribution in [0.2, 0.25) is 0 Å². The molecule has 1 saturated heterocycles. The molecule has 1 aliphatic heterocycles. The fourth-order valence-corrected chi connectivity index (χ4v) is 4.28. The zero-order chi connectivity index (χ0) is 25.3. The van der Waals surface area contributed by atoms with Crippen molar-refractivity contribution in [2.45, 2.75) is 36.4 Å². The molecular weight excluding hydrogens is 484 g/mol. The number of amides is 3. The molecule has 0 aliphatic carbocycles. The van der Waals surface area contributed by atoms with Gasteiger partial charge in [0, 0.05) is 6.54 Å². The molecule has 1 fully saturated rings. The van der Waals surface area contributed by atoms with Gasteiger partial charge in [0.05, 0.1) is 12.0 Å². The maximum atomic E-state index is 12.5. The Bertz CT molecular complexity index is 1380. The molecule has 3 heterocycles. The lowest BCUT2D eigenvalue weighted by Crippen LogP contribution is -2.42. The second-order valence-electron chi connectivity index (χ2n) is 7.49. The van der Waals surface area contributed by atoms with Crippen LogP contribution in [0.5, 0.6) is 0 Å². The van der Waals surface area contributed by atoms with Gasteiger partial charge in [0.15, 0.2) is 29.3 Å². The van der Waals surface area contributed by atoms with Gasteiger partial charge in [-0.05, 0) is 19.1 Å². The molecule has 0 spiro atoms. The standard InChI is InChI=1S/C19H22N8O7S/c1-2-21-17(30)14-12(28)13(29)18(34-14)27-8-24-11-15(22-7-23-16(11)27)26-19(31)25-9-5-3-4-6-10(9)35(20,32)33/h3-8,12-14,18,28-29H,2H2,1H3,(H,21,30)(H2,20,32,33)(H2,22,23,25,26,31)/t12-,13+,14-,18+/m0/s1. The molecule has 16 heteroatoms. The van der Waals surface area contributed by atoms with Gasteiger partial charge in [0.1, 0.15) is 23.4 Å². The highest BCUT2D eigenvalue weighted by molar-refractivity contribution is 7.89. The van der Waals surface area contributed by atoms with Crippen molar-refractivity contribution in [2.75, 3.05) is 17.2 Å². The molecule has 0 radical (unpaired) electrons. The first-order chi connectivity index (χ1) is 16.6. The number of sulfonamides is 1. The molecule has 3 aromatic rings. The van der Waals surface area contributed by atoms with Crippen molar-refractivity contribution in [1.29, 1.82) is 0 Å². The van der Waals surface area contributed by atoms with E-state index in [1.54, 1.807) is 6.92 Å². The second kappa shape index (κ2) is 9.51. The number of carbonyl (C=O) groups excluding carboxylic acids is 2. The van der Waals surface area contributed by atoms with E-state index in [2.05, 4.69) is 30.9 Å². The summed E-state index contributed by atoms with van der Waals surface area (Å²) in [4.78, 5) is 36.6. The van der Waals surface area contributed by atoms with E-state index in [0.29, 0.717) is 6.54 Å². The zero-order valence-electron chi connectivity index (χ0n) is 18.2. The van der Waals surface area contributed by atoms with Gasteiger partial charge in [-0.3, -0.25) is 14.7 Å². The topological polar surface area (TPSA) is 224 Å². The molecule has 186 valence electrons. The highest BCUT2D eigenvalue weighted by Gasteiger charge is 2.47. The zero-order valence-corrected chi connectivity index (χ0v) is 19.0. The Morgan fingerprint density at radius 3 is 2.60 bits per heavy atom. The Hall–Kier alpha value is -3.70. The number of aliphatic hydroxyl groups excluding tert-OH is 2. The molecule has 35 heavy (non-hydrogen) atoms. The first-order valence-electron chi connectivity index (χ1n) is 10.3. The minimum absolute atomic E-state index is 0.0346. The number of fused-ring (bicyclic) bond motifs is 1. The quantitative estimate of drug-likeness (QED) is 0.236. The number of carbonyl (C=O) groups is 2. The third-order valence-electron chi connectivity index (χ3n) is 5.15. The molecule has 0 bridgehead atoms. The number of hydrogen-bond donors (Lipinski definition) is 6. The first kappa shape index (κ1) is 24.4. The summed E-state index contributed by atoms with van der Waals surface area (Å²) in [5.74, 6) is -0.618. The number of likely N-dealkylation sites (N-methyl/N-ethyl adjacent to an activating group) is 1. The Morgan fingerprint density at radius 2 is 1.89 bits per heavy atom. The Labute approximate surface area is 198 Å². The summed E-state index contributed by atoms with van der Waals surface area (Å²) in [7, 11) is -4.09. The van der Waals surface area contributed by atoms with Crippen LogP contribution in [-0.4, -0.2) is 74.9 Å². The van der Waals surface area contributed by atoms with Crippen LogP contribution in [0, 0.1) is 0 Å². The molecule has 7 N–H and O–H groups in total. The van der Waals surface area contributed by atoms with Gasteiger partial charge in [-0.15, -0.1) is 0 Å². The number of nitrogens with zero attached hydrogens (tertiary/aromatic N) is 4. The number of para-hydroxylation sites is 1. The predicted molar refractivity (Wildman–Crippen MR) is 120 cm³/mol. The van der Waals surface area contributed by atoms with Gasteiger partial charge < -0.3 is 25.6 Å². The Kier molecular flexibility index (Phi) is 6.64. The summed E-state index contributed by atoms with van der Waals surface area (Å²) in [6, 6.07) is 4.74. The van der Waals surface area contributed by atoms with E-state index < -0.39 is 46.5 Å². The number of aliphatic hydroxyl groups is 2. The van der Waals surface area contributed by atoms with Gasteiger partial charge in [0.2, 0.25) is 10.0 Å². The number of anilines is 2. The van der Waals surface area contributed by atoms with E-state index in [1.807, 2.05) is 0 Å². The van der Waals surface area contributed by atoms with Crippen LogP contribution in [-0.2, 0) is 19.6 Å². The molecule has 2 aromatic heterocycles. The number of ether oxygens (including phenoxy) is 1. The molecule has 0 saturated carbocycles. The third-order valence-corrected chi connectivity index (χ3v) is 6.12. The van der Waals surface area contributed by atoms with E-state index in [4.69, 9.17) is 9.88 Å². The maximum absolute atomic E-state index is 12.5. The largest absolute Gasteiger partial charge is 0.387 e. The van der Waals surface area contributed by atoms with Crippen LogP contribution in [0.1, 0.15) is 13.2 Å². The number of benzene rings is 1. The molecule has 4 rings (SSSR count). The monoisotopic (exact) mass is 506 g/mol. The summed E-state index contributed by atoms with van der Waals surface area (Å²) in [6.45, 7) is 2.01. The van der Waals surface area contributed by atoms with Crippen molar-refractivity contribution in [3.05, 3.63) is 36.9 Å². The summed E-state index contributed by atoms with van der Waals surface area (Å²) in [6.07, 6.45) is -3.10. The number of imidazole rings is 1. The normalized spacial score (nSPS) is 22.2. The van der Waals surface area contributed by atoms with E-state index >= 15 is 0 Å². The van der Waals surface area contributed by atoms with Crippen LogP contribution >= 0.6 is 0 Å². The summed E-state index contributed by atoms with van der Waals surface area (Å²) in [5, 5.41) is 33.3. The number of nitrogens with one attached hydrogen (secondary N) is 3. The first-order valence-corrected chi connectivity index (χ1v) is 11.8. The maximum Gasteiger partial charge on any atom is 0.324 e. The number of aromatic nitrogens is 4. The average Bonchev–Trinajstić information content (AvgIpc) is 3.35. The van der Waals surface area contributed by atoms with E-state index in [0.717, 1.165) is 6.33 Å². The minimum atomic E-state index is -4.09. The van der Waals surface area contributed by atoms with Gasteiger partial charge >= 0.3 is 6.03 Å². The molecule has 1 aromatic carbocycles. The van der Waals surface area contributed by atoms with Gasteiger partial charge in [0.25, 0.3) is 5.91 Å². The molecular formula is C19H22N8O7S. The second-order valence-corrected chi connectivity index (χ2v) is 9.02. The van der Waals surface area contributed by atoms with Crippen molar-refractivity contribution in [3.63, 3.8) is 0 Å². The van der Waals surface area contributed by atoms with Crippen molar-refractivity contribution in [2.24, 2.45) is 5.14 Å².